The molecule has 0 aromatic heterocycles. The zero-order valence-electron chi connectivity index (χ0n) is 16.2. The molecule has 0 atom stereocenters. The van der Waals surface area contributed by atoms with Gasteiger partial charge < -0.3 is 9.64 Å². The maximum atomic E-state index is 13.0. The van der Waals surface area contributed by atoms with Crippen LogP contribution >= 0.6 is 0 Å². The molecule has 0 spiro atoms. The average Bonchev–Trinajstić information content (AvgIpc) is 2.68. The van der Waals surface area contributed by atoms with E-state index < -0.39 is 0 Å². The van der Waals surface area contributed by atoms with Crippen molar-refractivity contribution in [2.24, 2.45) is 0 Å². The zero-order valence-corrected chi connectivity index (χ0v) is 16.2. The standard InChI is InChI=1S/C23H27NO3/c1-3-24-17-7-5-9-19(25)22(17)21(23-18(24)8-6-10-20(23)26)15-11-13-16(14-12-15)27-4-2/h11-14,21H,3-10H2,1-2H3. The minimum absolute atomic E-state index is 0.207. The number of carbonyl (C=O) groups is 2. The van der Waals surface area contributed by atoms with Crippen LogP contribution in [-0.4, -0.2) is 29.6 Å². The molecule has 1 heterocycles. The Morgan fingerprint density at radius 1 is 0.889 bits per heavy atom. The van der Waals surface area contributed by atoms with Crippen LogP contribution in [0.2, 0.25) is 0 Å². The van der Waals surface area contributed by atoms with Crippen molar-refractivity contribution in [3.05, 3.63) is 52.4 Å². The maximum Gasteiger partial charge on any atom is 0.161 e. The highest BCUT2D eigenvalue weighted by molar-refractivity contribution is 6.06. The SMILES string of the molecule is CCOc1ccc(C2C3=C(CCCC3=O)N(CC)C3=C2C(=O)CCC3)cc1. The second-order valence-electron chi connectivity index (χ2n) is 7.45. The van der Waals surface area contributed by atoms with Gasteiger partial charge >= 0.3 is 0 Å². The van der Waals surface area contributed by atoms with Crippen LogP contribution in [0.3, 0.4) is 0 Å². The lowest BCUT2D eigenvalue weighted by Gasteiger charge is -2.43. The molecule has 0 saturated heterocycles. The molecule has 0 bridgehead atoms. The van der Waals surface area contributed by atoms with Crippen LogP contribution in [0.5, 0.6) is 5.75 Å². The molecular weight excluding hydrogens is 338 g/mol. The highest BCUT2D eigenvalue weighted by Crippen LogP contribution is 2.49. The van der Waals surface area contributed by atoms with Crippen molar-refractivity contribution in [1.82, 2.24) is 4.90 Å². The molecule has 0 radical (unpaired) electrons. The van der Waals surface area contributed by atoms with Crippen LogP contribution < -0.4 is 4.74 Å². The van der Waals surface area contributed by atoms with Gasteiger partial charge in [0.05, 0.1) is 6.61 Å². The van der Waals surface area contributed by atoms with E-state index in [9.17, 15) is 9.59 Å². The van der Waals surface area contributed by atoms with E-state index in [2.05, 4.69) is 11.8 Å². The summed E-state index contributed by atoms with van der Waals surface area (Å²) in [7, 11) is 0. The Hall–Kier alpha value is -2.36. The largest absolute Gasteiger partial charge is 0.494 e. The smallest absolute Gasteiger partial charge is 0.161 e. The predicted octanol–water partition coefficient (Wildman–Crippen LogP) is 4.52. The van der Waals surface area contributed by atoms with E-state index in [1.54, 1.807) is 0 Å². The fraction of sp³-hybridized carbons (Fsp3) is 0.478. The van der Waals surface area contributed by atoms with Crippen molar-refractivity contribution in [2.45, 2.75) is 58.3 Å². The van der Waals surface area contributed by atoms with Crippen molar-refractivity contribution in [3.63, 3.8) is 0 Å². The lowest BCUT2D eigenvalue weighted by atomic mass is 9.71. The second-order valence-corrected chi connectivity index (χ2v) is 7.45. The summed E-state index contributed by atoms with van der Waals surface area (Å²) >= 11 is 0. The van der Waals surface area contributed by atoms with E-state index in [1.807, 2.05) is 31.2 Å². The van der Waals surface area contributed by atoms with Gasteiger partial charge in [-0.25, -0.2) is 0 Å². The molecule has 4 rings (SSSR count). The first-order chi connectivity index (χ1) is 13.2. The molecule has 0 unspecified atom stereocenters. The number of carbonyl (C=O) groups excluding carboxylic acids is 2. The summed E-state index contributed by atoms with van der Waals surface area (Å²) in [6, 6.07) is 7.95. The summed E-state index contributed by atoms with van der Waals surface area (Å²) in [5, 5.41) is 0. The second kappa shape index (κ2) is 7.34. The molecule has 4 nitrogen and oxygen atoms in total. The topological polar surface area (TPSA) is 46.6 Å². The van der Waals surface area contributed by atoms with Crippen molar-refractivity contribution in [1.29, 1.82) is 0 Å². The molecule has 0 saturated carbocycles. The Labute approximate surface area is 160 Å². The molecule has 1 aromatic rings. The third kappa shape index (κ3) is 3.01. The van der Waals surface area contributed by atoms with Crippen LogP contribution in [0.15, 0.2) is 46.8 Å². The van der Waals surface area contributed by atoms with Crippen LogP contribution in [0.4, 0.5) is 0 Å². The molecule has 1 aliphatic heterocycles. The number of nitrogens with zero attached hydrogens (tertiary/aromatic N) is 1. The number of hydrogen-bond acceptors (Lipinski definition) is 4. The Morgan fingerprint density at radius 3 is 1.93 bits per heavy atom. The van der Waals surface area contributed by atoms with Gasteiger partial charge in [-0.1, -0.05) is 12.1 Å². The minimum atomic E-state index is -0.214. The molecule has 0 fully saturated rings. The lowest BCUT2D eigenvalue weighted by Crippen LogP contribution is -2.39. The number of allylic oxidation sites excluding steroid dienone is 4. The zero-order chi connectivity index (χ0) is 19.0. The number of benzene rings is 1. The fourth-order valence-electron chi connectivity index (χ4n) is 4.85. The summed E-state index contributed by atoms with van der Waals surface area (Å²) in [5.41, 5.74) is 5.06. The summed E-state index contributed by atoms with van der Waals surface area (Å²) in [4.78, 5) is 28.2. The molecular formula is C23H27NO3. The van der Waals surface area contributed by atoms with Crippen molar-refractivity contribution < 1.29 is 14.3 Å². The Balaban J connectivity index is 1.88. The number of ether oxygens (including phenoxy) is 1. The van der Waals surface area contributed by atoms with Gasteiger partial charge in [0.25, 0.3) is 0 Å². The van der Waals surface area contributed by atoms with Gasteiger partial charge in [-0.2, -0.15) is 0 Å². The Morgan fingerprint density at radius 2 is 1.44 bits per heavy atom. The van der Waals surface area contributed by atoms with Gasteiger partial charge in [-0.15, -0.1) is 0 Å². The average molecular weight is 365 g/mol. The van der Waals surface area contributed by atoms with Crippen molar-refractivity contribution >= 4 is 11.6 Å². The first-order valence-electron chi connectivity index (χ1n) is 10.2. The lowest BCUT2D eigenvalue weighted by molar-refractivity contribution is -0.117. The van der Waals surface area contributed by atoms with E-state index in [0.29, 0.717) is 19.4 Å². The highest BCUT2D eigenvalue weighted by Gasteiger charge is 2.42. The van der Waals surface area contributed by atoms with Crippen LogP contribution in [0.25, 0.3) is 0 Å². The molecule has 4 heteroatoms. The van der Waals surface area contributed by atoms with E-state index in [1.165, 1.54) is 0 Å². The number of ketones is 2. The Kier molecular flexibility index (Phi) is 4.90. The summed E-state index contributed by atoms with van der Waals surface area (Å²) in [5.74, 6) is 1.02. The van der Waals surface area contributed by atoms with E-state index in [0.717, 1.165) is 66.1 Å². The molecule has 0 N–H and O–H groups in total. The van der Waals surface area contributed by atoms with E-state index in [4.69, 9.17) is 4.74 Å². The normalized spacial score (nSPS) is 20.7. The molecule has 0 amide bonds. The minimum Gasteiger partial charge on any atom is -0.494 e. The molecule has 27 heavy (non-hydrogen) atoms. The molecule has 3 aliphatic rings. The summed E-state index contributed by atoms with van der Waals surface area (Å²) < 4.78 is 5.57. The highest BCUT2D eigenvalue weighted by atomic mass is 16.5. The van der Waals surface area contributed by atoms with Crippen LogP contribution in [-0.2, 0) is 9.59 Å². The first-order valence-corrected chi connectivity index (χ1v) is 10.2. The number of rotatable bonds is 4. The third-order valence-corrected chi connectivity index (χ3v) is 5.93. The summed E-state index contributed by atoms with van der Waals surface area (Å²) in [6.45, 7) is 5.51. The van der Waals surface area contributed by atoms with Gasteiger partial charge in [0.1, 0.15) is 5.75 Å². The van der Waals surface area contributed by atoms with E-state index in [-0.39, 0.29) is 17.5 Å². The monoisotopic (exact) mass is 365 g/mol. The van der Waals surface area contributed by atoms with E-state index >= 15 is 0 Å². The van der Waals surface area contributed by atoms with Gasteiger partial charge in [0.15, 0.2) is 11.6 Å². The maximum absolute atomic E-state index is 13.0. The van der Waals surface area contributed by atoms with Crippen molar-refractivity contribution in [3.8, 4) is 5.75 Å². The predicted molar refractivity (Wildman–Crippen MR) is 105 cm³/mol. The summed E-state index contributed by atoms with van der Waals surface area (Å²) in [6.07, 6.45) is 4.82. The quantitative estimate of drug-likeness (QED) is 0.787. The number of Topliss-reactive ketones (excluding diaryl/α,β-unsaturated/α-hetero) is 2. The van der Waals surface area contributed by atoms with Gasteiger partial charge in [0.2, 0.25) is 0 Å². The van der Waals surface area contributed by atoms with Crippen LogP contribution in [0.1, 0.15) is 63.9 Å². The molecule has 2 aliphatic carbocycles. The van der Waals surface area contributed by atoms with Crippen LogP contribution in [0, 0.1) is 0 Å². The van der Waals surface area contributed by atoms with Gasteiger partial charge in [0, 0.05) is 47.8 Å². The molecule has 142 valence electrons. The Bertz CT molecular complexity index is 788. The number of hydrogen-bond donors (Lipinski definition) is 0. The fourth-order valence-corrected chi connectivity index (χ4v) is 4.85. The van der Waals surface area contributed by atoms with Crippen molar-refractivity contribution in [2.75, 3.05) is 13.2 Å². The van der Waals surface area contributed by atoms with Gasteiger partial charge in [-0.05, 0) is 57.2 Å². The first kappa shape index (κ1) is 18.0. The van der Waals surface area contributed by atoms with Gasteiger partial charge in [-0.3, -0.25) is 9.59 Å². The third-order valence-electron chi connectivity index (χ3n) is 5.93. The molecule has 1 aromatic carbocycles.